The van der Waals surface area contributed by atoms with E-state index in [1.54, 1.807) is 34.9 Å². The number of ether oxygens (including phenoxy) is 1. The topological polar surface area (TPSA) is 165 Å². The molecule has 0 aromatic heterocycles. The number of hydrogen-bond donors (Lipinski definition) is 5. The van der Waals surface area contributed by atoms with E-state index in [0.717, 1.165) is 6.42 Å². The summed E-state index contributed by atoms with van der Waals surface area (Å²) in [7, 11) is 4.68. The minimum atomic E-state index is -2.31. The predicted molar refractivity (Wildman–Crippen MR) is 145 cm³/mol. The van der Waals surface area contributed by atoms with Gasteiger partial charge in [0.05, 0.1) is 30.7 Å². The molecule has 7 atom stereocenters. The SMILES string of the molecule is CCCC[C@H](NC)C(=O)OC(CC(=O)[C@H]([C@@H](C)CCCC(C)O)N(C)C(=O)[C@@H](C)NC)(CC(C)O)C(=O)O. The average molecular weight is 546 g/mol. The number of aliphatic carboxylic acids is 1. The number of hydrogen-bond acceptors (Lipinski definition) is 9. The van der Waals surface area contributed by atoms with Crippen molar-refractivity contribution < 1.29 is 39.2 Å². The Hall–Kier alpha value is -2.08. The average Bonchev–Trinajstić information content (AvgIpc) is 2.82. The van der Waals surface area contributed by atoms with Gasteiger partial charge in [-0.3, -0.25) is 14.4 Å². The number of amides is 1. The second-order valence-electron chi connectivity index (χ2n) is 10.6. The minimum absolute atomic E-state index is 0.350. The predicted octanol–water partition coefficient (Wildman–Crippen LogP) is 1.48. The number of carboxylic acids is 1. The van der Waals surface area contributed by atoms with Gasteiger partial charge in [-0.1, -0.05) is 33.1 Å². The van der Waals surface area contributed by atoms with Gasteiger partial charge < -0.3 is 35.6 Å². The quantitative estimate of drug-likeness (QED) is 0.141. The number of rotatable bonds is 20. The summed E-state index contributed by atoms with van der Waals surface area (Å²) in [6.07, 6.45) is 0.670. The van der Waals surface area contributed by atoms with Crippen LogP contribution in [0.25, 0.3) is 0 Å². The fourth-order valence-electron chi connectivity index (χ4n) is 4.65. The van der Waals surface area contributed by atoms with Crippen molar-refractivity contribution in [2.24, 2.45) is 5.92 Å². The van der Waals surface area contributed by atoms with Crippen LogP contribution in [0.2, 0.25) is 0 Å². The van der Waals surface area contributed by atoms with Crippen LogP contribution in [0.5, 0.6) is 0 Å². The zero-order valence-electron chi connectivity index (χ0n) is 24.5. The second-order valence-corrected chi connectivity index (χ2v) is 10.6. The van der Waals surface area contributed by atoms with E-state index in [-0.39, 0.29) is 11.8 Å². The number of ketones is 1. The van der Waals surface area contributed by atoms with Crippen LogP contribution < -0.4 is 10.6 Å². The van der Waals surface area contributed by atoms with Crippen molar-refractivity contribution in [1.29, 1.82) is 0 Å². The Morgan fingerprint density at radius 1 is 0.921 bits per heavy atom. The Bertz CT molecular complexity index is 761. The Kier molecular flexibility index (Phi) is 16.5. The van der Waals surface area contributed by atoms with Gasteiger partial charge in [-0.25, -0.2) is 4.79 Å². The van der Waals surface area contributed by atoms with Crippen molar-refractivity contribution in [3.63, 3.8) is 0 Å². The third kappa shape index (κ3) is 11.3. The van der Waals surface area contributed by atoms with Crippen LogP contribution in [0.4, 0.5) is 0 Å². The molecular formula is C27H51N3O8. The molecule has 0 heterocycles. The van der Waals surface area contributed by atoms with E-state index in [9.17, 15) is 34.5 Å². The molecule has 0 rings (SSSR count). The zero-order valence-corrected chi connectivity index (χ0v) is 24.5. The van der Waals surface area contributed by atoms with E-state index in [0.29, 0.717) is 32.1 Å². The summed E-state index contributed by atoms with van der Waals surface area (Å²) in [5.74, 6) is -3.66. The Balaban J connectivity index is 6.32. The molecule has 0 aromatic rings. The van der Waals surface area contributed by atoms with Crippen LogP contribution in [0, 0.1) is 5.92 Å². The maximum atomic E-state index is 13.8. The van der Waals surface area contributed by atoms with Gasteiger partial charge in [-0.2, -0.15) is 0 Å². The maximum Gasteiger partial charge on any atom is 0.348 e. The standard InChI is InChI=1S/C27H51N3O8/c1-9-10-14-21(29-7)25(35)38-27(26(36)37,15-19(4)32)16-22(33)23(17(2)12-11-13-18(3)31)30(8)24(34)20(5)28-6/h17-21,23,28-29,31-32H,9-16H2,1-8H3,(H,36,37)/t17-,18?,19?,20+,21-,23-,27?/m0/s1. The van der Waals surface area contributed by atoms with Crippen molar-refractivity contribution in [1.82, 2.24) is 15.5 Å². The summed E-state index contributed by atoms with van der Waals surface area (Å²) >= 11 is 0. The Labute approximate surface area is 227 Å². The molecule has 0 saturated heterocycles. The van der Waals surface area contributed by atoms with Crippen LogP contribution in [0.15, 0.2) is 0 Å². The lowest BCUT2D eigenvalue weighted by Crippen LogP contribution is -2.56. The lowest BCUT2D eigenvalue weighted by Gasteiger charge is -2.37. The minimum Gasteiger partial charge on any atom is -0.478 e. The third-order valence-electron chi connectivity index (χ3n) is 6.97. The molecule has 1 amide bonds. The van der Waals surface area contributed by atoms with Gasteiger partial charge in [0.1, 0.15) is 6.04 Å². The van der Waals surface area contributed by atoms with Gasteiger partial charge >= 0.3 is 11.9 Å². The van der Waals surface area contributed by atoms with E-state index in [2.05, 4.69) is 10.6 Å². The molecular weight excluding hydrogens is 494 g/mol. The van der Waals surface area contributed by atoms with Crippen molar-refractivity contribution in [3.8, 4) is 0 Å². The molecule has 38 heavy (non-hydrogen) atoms. The van der Waals surface area contributed by atoms with Crippen LogP contribution in [-0.2, 0) is 23.9 Å². The highest BCUT2D eigenvalue weighted by Crippen LogP contribution is 2.29. The molecule has 0 aliphatic carbocycles. The molecule has 0 aromatic carbocycles. The molecule has 0 fully saturated rings. The van der Waals surface area contributed by atoms with Crippen molar-refractivity contribution >= 4 is 23.6 Å². The molecule has 0 spiro atoms. The molecule has 0 radical (unpaired) electrons. The molecule has 11 nitrogen and oxygen atoms in total. The first-order chi connectivity index (χ1) is 17.7. The first-order valence-electron chi connectivity index (χ1n) is 13.6. The number of unbranched alkanes of at least 4 members (excludes halogenated alkanes) is 1. The third-order valence-corrected chi connectivity index (χ3v) is 6.97. The number of carbonyl (C=O) groups is 4. The van der Waals surface area contributed by atoms with Crippen LogP contribution >= 0.6 is 0 Å². The van der Waals surface area contributed by atoms with Crippen molar-refractivity contribution in [2.75, 3.05) is 21.1 Å². The number of carbonyl (C=O) groups excluding carboxylic acids is 3. The monoisotopic (exact) mass is 545 g/mol. The van der Waals surface area contributed by atoms with E-state index >= 15 is 0 Å². The number of aliphatic hydroxyl groups is 2. The second kappa shape index (κ2) is 17.5. The van der Waals surface area contributed by atoms with Gasteiger partial charge in [-0.15, -0.1) is 0 Å². The van der Waals surface area contributed by atoms with E-state index in [1.165, 1.54) is 18.9 Å². The number of nitrogens with one attached hydrogen (secondary N) is 2. The summed E-state index contributed by atoms with van der Waals surface area (Å²) in [5, 5.41) is 35.7. The lowest BCUT2D eigenvalue weighted by atomic mass is 9.83. The highest BCUT2D eigenvalue weighted by Gasteiger charge is 2.49. The summed E-state index contributed by atoms with van der Waals surface area (Å²) in [4.78, 5) is 53.7. The van der Waals surface area contributed by atoms with Crippen molar-refractivity contribution in [2.45, 2.75) is 122 Å². The number of likely N-dealkylation sites (N-methyl/N-ethyl adjacent to an activating group) is 3. The fraction of sp³-hybridized carbons (Fsp3) is 0.852. The summed E-state index contributed by atoms with van der Waals surface area (Å²) < 4.78 is 5.55. The smallest absolute Gasteiger partial charge is 0.348 e. The summed E-state index contributed by atoms with van der Waals surface area (Å²) in [6, 6.07) is -2.36. The number of Topliss-reactive ketones (excluding diaryl/α,β-unsaturated/α-hetero) is 1. The van der Waals surface area contributed by atoms with Gasteiger partial charge in [-0.05, 0) is 60.0 Å². The first kappa shape index (κ1) is 35.9. The molecule has 0 aliphatic heterocycles. The lowest BCUT2D eigenvalue weighted by molar-refractivity contribution is -0.186. The number of esters is 1. The van der Waals surface area contributed by atoms with E-state index < -0.39 is 66.5 Å². The van der Waals surface area contributed by atoms with Crippen molar-refractivity contribution in [3.05, 3.63) is 0 Å². The highest BCUT2D eigenvalue weighted by molar-refractivity contribution is 5.95. The molecule has 5 N–H and O–H groups in total. The Morgan fingerprint density at radius 3 is 1.97 bits per heavy atom. The fourth-order valence-corrected chi connectivity index (χ4v) is 4.65. The molecule has 0 bridgehead atoms. The first-order valence-corrected chi connectivity index (χ1v) is 13.6. The summed E-state index contributed by atoms with van der Waals surface area (Å²) in [5.41, 5.74) is -2.31. The van der Waals surface area contributed by atoms with Gasteiger partial charge in [0.25, 0.3) is 0 Å². The van der Waals surface area contributed by atoms with Crippen LogP contribution in [-0.4, -0.2) is 101 Å². The largest absolute Gasteiger partial charge is 0.478 e. The number of nitrogens with zero attached hydrogens (tertiary/aromatic N) is 1. The summed E-state index contributed by atoms with van der Waals surface area (Å²) in [6.45, 7) is 8.44. The molecule has 0 saturated carbocycles. The number of aliphatic hydroxyl groups excluding tert-OH is 2. The molecule has 11 heteroatoms. The van der Waals surface area contributed by atoms with Gasteiger partial charge in [0.2, 0.25) is 11.5 Å². The molecule has 0 aliphatic rings. The zero-order chi connectivity index (χ0) is 29.6. The molecule has 3 unspecified atom stereocenters. The van der Waals surface area contributed by atoms with E-state index in [1.807, 2.05) is 6.92 Å². The number of carboxylic acid groups (broad SMARTS) is 1. The normalized spacial score (nSPS) is 17.8. The highest BCUT2D eigenvalue weighted by atomic mass is 16.6. The van der Waals surface area contributed by atoms with Crippen LogP contribution in [0.1, 0.15) is 86.0 Å². The molecule has 222 valence electrons. The maximum absolute atomic E-state index is 13.8. The van der Waals surface area contributed by atoms with Gasteiger partial charge in [0.15, 0.2) is 5.78 Å². The Morgan fingerprint density at radius 2 is 1.53 bits per heavy atom. The van der Waals surface area contributed by atoms with Gasteiger partial charge in [0, 0.05) is 13.5 Å². The van der Waals surface area contributed by atoms with E-state index in [4.69, 9.17) is 4.74 Å². The van der Waals surface area contributed by atoms with Crippen LogP contribution in [0.3, 0.4) is 0 Å².